The lowest BCUT2D eigenvalue weighted by atomic mass is 9.71. The lowest BCUT2D eigenvalue weighted by molar-refractivity contribution is -0.137. The molecule has 3 aliphatic rings. The minimum absolute atomic E-state index is 0.0624. The molecule has 1 heterocycles. The van der Waals surface area contributed by atoms with Gasteiger partial charge in [-0.2, -0.15) is 13.2 Å². The molecular weight excluding hydrogens is 427 g/mol. The average molecular weight is 445 g/mol. The molecule has 33 heavy (non-hydrogen) atoms. The first-order valence-corrected chi connectivity index (χ1v) is 10.8. The third-order valence-electron chi connectivity index (χ3n) is 6.99. The van der Waals surface area contributed by atoms with Gasteiger partial charge in [0.25, 0.3) is 0 Å². The van der Waals surface area contributed by atoms with E-state index in [4.69, 9.17) is 0 Å². The number of carbonyl (C=O) groups excluding carboxylic acids is 2. The van der Waals surface area contributed by atoms with Crippen LogP contribution in [0.15, 0.2) is 72.8 Å². The summed E-state index contributed by atoms with van der Waals surface area (Å²) in [7, 11) is 0. The highest BCUT2D eigenvalue weighted by atomic mass is 19.4. The van der Waals surface area contributed by atoms with Crippen LogP contribution in [0.1, 0.15) is 66.9 Å². The molecule has 2 aliphatic carbocycles. The van der Waals surface area contributed by atoms with Crippen LogP contribution in [0.25, 0.3) is 0 Å². The van der Waals surface area contributed by atoms with Crippen LogP contribution in [0.4, 0.5) is 18.9 Å². The van der Waals surface area contributed by atoms with Crippen LogP contribution in [0.3, 0.4) is 0 Å². The van der Waals surface area contributed by atoms with E-state index in [1.54, 1.807) is 42.5 Å². The lowest BCUT2D eigenvalue weighted by Gasteiger charge is -2.39. The van der Waals surface area contributed by atoms with Crippen LogP contribution < -0.4 is 5.32 Å². The molecule has 0 spiro atoms. The second-order valence-corrected chi connectivity index (χ2v) is 8.75. The first-order chi connectivity index (χ1) is 15.8. The Labute approximate surface area is 187 Å². The Kier molecular flexibility index (Phi) is 4.18. The number of hydrogen-bond acceptors (Lipinski definition) is 3. The van der Waals surface area contributed by atoms with Gasteiger partial charge in [0.1, 0.15) is 0 Å². The zero-order valence-electron chi connectivity index (χ0n) is 17.3. The summed E-state index contributed by atoms with van der Waals surface area (Å²) in [4.78, 5) is 26.6. The fraction of sp³-hybridized carbons (Fsp3) is 0.185. The molecule has 164 valence electrons. The number of anilines is 1. The number of hydrogen-bond donors (Lipinski definition) is 1. The molecule has 0 amide bonds. The number of rotatable bonds is 1. The second kappa shape index (κ2) is 6.91. The minimum atomic E-state index is -4.42. The largest absolute Gasteiger partial charge is 0.416 e. The van der Waals surface area contributed by atoms with Crippen molar-refractivity contribution in [3.05, 3.63) is 112 Å². The van der Waals surface area contributed by atoms with Crippen molar-refractivity contribution in [2.24, 2.45) is 5.92 Å². The molecule has 0 saturated carbocycles. The molecule has 0 bridgehead atoms. The Bertz CT molecular complexity index is 1370. The zero-order valence-corrected chi connectivity index (χ0v) is 17.3. The zero-order chi connectivity index (χ0) is 22.9. The molecule has 3 aromatic rings. The second-order valence-electron chi connectivity index (χ2n) is 8.75. The summed E-state index contributed by atoms with van der Waals surface area (Å²) in [5.74, 6) is -0.595. The number of nitrogens with one attached hydrogen (secondary N) is 1. The summed E-state index contributed by atoms with van der Waals surface area (Å²) in [5.41, 5.74) is 2.91. The first kappa shape index (κ1) is 20.0. The molecule has 0 saturated heterocycles. The summed E-state index contributed by atoms with van der Waals surface area (Å²) >= 11 is 0. The van der Waals surface area contributed by atoms with Crippen molar-refractivity contribution in [2.75, 3.05) is 5.32 Å². The van der Waals surface area contributed by atoms with E-state index in [-0.39, 0.29) is 29.4 Å². The Morgan fingerprint density at radius 3 is 2.36 bits per heavy atom. The summed E-state index contributed by atoms with van der Waals surface area (Å²) in [6.07, 6.45) is 0.272. The Hall–Kier alpha value is -3.67. The maximum absolute atomic E-state index is 13.5. The SMILES string of the molecule is O=C1c2ccccc2C(=O)c2c1ccc1c2[C@@H]2C=CC[C@@H]2[C@H](c2cccc(C(F)(F)F)c2)N1. The fourth-order valence-electron chi connectivity index (χ4n) is 5.52. The highest BCUT2D eigenvalue weighted by Crippen LogP contribution is 2.52. The molecule has 0 aromatic heterocycles. The van der Waals surface area contributed by atoms with Crippen LogP contribution in [0, 0.1) is 5.92 Å². The van der Waals surface area contributed by atoms with Crippen molar-refractivity contribution in [3.63, 3.8) is 0 Å². The van der Waals surface area contributed by atoms with E-state index >= 15 is 0 Å². The maximum atomic E-state index is 13.5. The smallest absolute Gasteiger partial charge is 0.378 e. The van der Waals surface area contributed by atoms with E-state index in [1.807, 2.05) is 12.2 Å². The van der Waals surface area contributed by atoms with Gasteiger partial charge in [-0.1, -0.05) is 48.6 Å². The summed E-state index contributed by atoms with van der Waals surface area (Å²) in [5, 5.41) is 3.40. The number of halogens is 3. The van der Waals surface area contributed by atoms with E-state index in [0.29, 0.717) is 39.9 Å². The van der Waals surface area contributed by atoms with Gasteiger partial charge in [-0.15, -0.1) is 0 Å². The number of benzene rings is 3. The molecule has 0 unspecified atom stereocenters. The fourth-order valence-corrected chi connectivity index (χ4v) is 5.52. The number of allylic oxidation sites excluding steroid dienone is 2. The van der Waals surface area contributed by atoms with Gasteiger partial charge in [-0.25, -0.2) is 0 Å². The highest BCUT2D eigenvalue weighted by Gasteiger charge is 2.43. The third-order valence-corrected chi connectivity index (χ3v) is 6.99. The van der Waals surface area contributed by atoms with E-state index in [9.17, 15) is 22.8 Å². The molecule has 3 nitrogen and oxygen atoms in total. The van der Waals surface area contributed by atoms with Gasteiger partial charge >= 0.3 is 6.18 Å². The van der Waals surface area contributed by atoms with Gasteiger partial charge in [-0.3, -0.25) is 9.59 Å². The predicted octanol–water partition coefficient (Wildman–Crippen LogP) is 6.31. The number of ketones is 2. The molecule has 6 heteroatoms. The lowest BCUT2D eigenvalue weighted by Crippen LogP contribution is -2.32. The van der Waals surface area contributed by atoms with Gasteiger partial charge in [0, 0.05) is 33.9 Å². The Morgan fingerprint density at radius 1 is 0.848 bits per heavy atom. The van der Waals surface area contributed by atoms with E-state index in [0.717, 1.165) is 11.6 Å². The van der Waals surface area contributed by atoms with Crippen LogP contribution in [-0.2, 0) is 6.18 Å². The van der Waals surface area contributed by atoms with E-state index in [1.165, 1.54) is 12.1 Å². The van der Waals surface area contributed by atoms with Crippen molar-refractivity contribution >= 4 is 17.3 Å². The molecule has 1 aliphatic heterocycles. The molecule has 0 radical (unpaired) electrons. The van der Waals surface area contributed by atoms with Crippen LogP contribution >= 0.6 is 0 Å². The van der Waals surface area contributed by atoms with Gasteiger partial charge in [0.05, 0.1) is 11.6 Å². The van der Waals surface area contributed by atoms with Crippen molar-refractivity contribution in [3.8, 4) is 0 Å². The molecular formula is C27H18F3NO2. The highest BCUT2D eigenvalue weighted by molar-refractivity contribution is 6.29. The normalized spacial score (nSPS) is 22.8. The molecule has 3 aromatic carbocycles. The summed E-state index contributed by atoms with van der Waals surface area (Å²) in [6, 6.07) is 15.3. The van der Waals surface area contributed by atoms with Crippen LogP contribution in [0.2, 0.25) is 0 Å². The molecule has 1 N–H and O–H groups in total. The topological polar surface area (TPSA) is 46.2 Å². The third kappa shape index (κ3) is 2.90. The maximum Gasteiger partial charge on any atom is 0.416 e. The van der Waals surface area contributed by atoms with Crippen molar-refractivity contribution in [1.82, 2.24) is 0 Å². The first-order valence-electron chi connectivity index (χ1n) is 10.8. The van der Waals surface area contributed by atoms with Crippen LogP contribution in [0.5, 0.6) is 0 Å². The average Bonchev–Trinajstić information content (AvgIpc) is 3.31. The monoisotopic (exact) mass is 445 g/mol. The van der Waals surface area contributed by atoms with Gasteiger partial charge in [0.2, 0.25) is 0 Å². The minimum Gasteiger partial charge on any atom is -0.378 e. The van der Waals surface area contributed by atoms with Gasteiger partial charge < -0.3 is 5.32 Å². The van der Waals surface area contributed by atoms with Crippen LogP contribution in [-0.4, -0.2) is 11.6 Å². The van der Waals surface area contributed by atoms with Crippen molar-refractivity contribution in [2.45, 2.75) is 24.6 Å². The van der Waals surface area contributed by atoms with Crippen molar-refractivity contribution in [1.29, 1.82) is 0 Å². The molecule has 3 atom stereocenters. The quantitative estimate of drug-likeness (QED) is 0.350. The van der Waals surface area contributed by atoms with Gasteiger partial charge in [-0.05, 0) is 47.7 Å². The summed E-state index contributed by atoms with van der Waals surface area (Å²) in [6.45, 7) is 0. The molecule has 0 fully saturated rings. The van der Waals surface area contributed by atoms with E-state index < -0.39 is 11.7 Å². The Balaban J connectivity index is 1.50. The molecule has 6 rings (SSSR count). The predicted molar refractivity (Wildman–Crippen MR) is 118 cm³/mol. The van der Waals surface area contributed by atoms with E-state index in [2.05, 4.69) is 5.32 Å². The number of alkyl halides is 3. The number of fused-ring (bicyclic) bond motifs is 6. The Morgan fingerprint density at radius 2 is 1.61 bits per heavy atom. The number of carbonyl (C=O) groups is 2. The van der Waals surface area contributed by atoms with Gasteiger partial charge in [0.15, 0.2) is 11.6 Å². The summed E-state index contributed by atoms with van der Waals surface area (Å²) < 4.78 is 40.0. The van der Waals surface area contributed by atoms with Crippen molar-refractivity contribution < 1.29 is 22.8 Å². The standard InChI is InChI=1S/C27H18F3NO2/c28-27(29,30)15-6-3-5-14(13-15)24-17-10-4-9-16(17)22-21(31-24)12-11-20-23(22)26(33)19-8-2-1-7-18(19)25(20)32/h1-9,11-13,16-17,24,31H,10H2/t16-,17+,24+/m1/s1.